The lowest BCUT2D eigenvalue weighted by Gasteiger charge is -2.23. The topological polar surface area (TPSA) is 47.0 Å². The minimum Gasteiger partial charge on any atom is -0.372 e. The second-order valence-electron chi connectivity index (χ2n) is 4.58. The number of hydrogen-bond donors (Lipinski definition) is 1. The molecule has 0 aliphatic carbocycles. The second kappa shape index (κ2) is 6.67. The van der Waals surface area contributed by atoms with Crippen LogP contribution >= 0.6 is 0 Å². The summed E-state index contributed by atoms with van der Waals surface area (Å²) in [5.41, 5.74) is 0.907. The van der Waals surface area contributed by atoms with Crippen molar-refractivity contribution in [1.29, 1.82) is 0 Å². The van der Waals surface area contributed by atoms with E-state index in [1.165, 1.54) is 19.3 Å². The van der Waals surface area contributed by atoms with Gasteiger partial charge in [-0.3, -0.25) is 9.97 Å². The molecule has 1 aliphatic rings. The van der Waals surface area contributed by atoms with Crippen molar-refractivity contribution in [3.05, 3.63) is 24.3 Å². The van der Waals surface area contributed by atoms with E-state index < -0.39 is 0 Å². The zero-order valence-corrected chi connectivity index (χ0v) is 10.4. The summed E-state index contributed by atoms with van der Waals surface area (Å²) < 4.78 is 5.79. The lowest BCUT2D eigenvalue weighted by Crippen LogP contribution is -2.34. The Balaban J connectivity index is 1.67. The molecule has 1 aromatic rings. The van der Waals surface area contributed by atoms with Crippen LogP contribution < -0.4 is 5.32 Å². The van der Waals surface area contributed by atoms with E-state index in [0.717, 1.165) is 25.3 Å². The smallest absolute Gasteiger partial charge is 0.0982 e. The summed E-state index contributed by atoms with van der Waals surface area (Å²) in [4.78, 5) is 8.29. The van der Waals surface area contributed by atoms with E-state index in [0.29, 0.717) is 6.04 Å². The number of nitrogens with zero attached hydrogens (tertiary/aromatic N) is 2. The third-order valence-electron chi connectivity index (χ3n) is 3.25. The molecule has 2 atom stereocenters. The molecule has 0 radical (unpaired) electrons. The molecule has 1 aliphatic heterocycles. The van der Waals surface area contributed by atoms with Gasteiger partial charge in [-0.1, -0.05) is 6.42 Å². The van der Waals surface area contributed by atoms with Crippen molar-refractivity contribution in [2.45, 2.75) is 44.8 Å². The van der Waals surface area contributed by atoms with Crippen LogP contribution in [0.3, 0.4) is 0 Å². The lowest BCUT2D eigenvalue weighted by atomic mass is 10.0. The molecule has 0 bridgehead atoms. The monoisotopic (exact) mass is 235 g/mol. The van der Waals surface area contributed by atoms with Gasteiger partial charge in [0.25, 0.3) is 0 Å². The second-order valence-corrected chi connectivity index (χ2v) is 4.58. The normalized spacial score (nSPS) is 22.3. The molecule has 0 unspecified atom stereocenters. The Kier molecular flexibility index (Phi) is 4.88. The van der Waals surface area contributed by atoms with E-state index in [-0.39, 0.29) is 6.10 Å². The van der Waals surface area contributed by atoms with Crippen molar-refractivity contribution in [2.75, 3.05) is 13.2 Å². The Morgan fingerprint density at radius 2 is 2.41 bits per heavy atom. The Morgan fingerprint density at radius 3 is 3.12 bits per heavy atom. The standard InChI is InChI=1S/C13H21N3O/c1-11(13-10-14-7-8-16-13)17-9-5-12-4-2-3-6-15-12/h7-8,10-12,15H,2-6,9H2,1H3/t11-,12-/m0/s1. The molecule has 0 saturated carbocycles. The quantitative estimate of drug-likeness (QED) is 0.849. The predicted octanol–water partition coefficient (Wildman–Crippen LogP) is 2.09. The van der Waals surface area contributed by atoms with Crippen LogP contribution in [0.2, 0.25) is 0 Å². The van der Waals surface area contributed by atoms with Crippen LogP contribution in [0.4, 0.5) is 0 Å². The summed E-state index contributed by atoms with van der Waals surface area (Å²) >= 11 is 0. The van der Waals surface area contributed by atoms with Crippen molar-refractivity contribution in [2.24, 2.45) is 0 Å². The maximum absolute atomic E-state index is 5.79. The van der Waals surface area contributed by atoms with Gasteiger partial charge in [-0.05, 0) is 32.7 Å². The Hall–Kier alpha value is -1.00. The van der Waals surface area contributed by atoms with Crippen molar-refractivity contribution in [3.63, 3.8) is 0 Å². The van der Waals surface area contributed by atoms with Crippen LogP contribution in [-0.4, -0.2) is 29.2 Å². The summed E-state index contributed by atoms with van der Waals surface area (Å²) in [7, 11) is 0. The van der Waals surface area contributed by atoms with Crippen molar-refractivity contribution >= 4 is 0 Å². The molecule has 0 aromatic carbocycles. The third-order valence-corrected chi connectivity index (χ3v) is 3.25. The summed E-state index contributed by atoms with van der Waals surface area (Å²) in [6.45, 7) is 3.97. The molecule has 17 heavy (non-hydrogen) atoms. The molecule has 1 fully saturated rings. The van der Waals surface area contributed by atoms with Crippen LogP contribution in [0.15, 0.2) is 18.6 Å². The highest BCUT2D eigenvalue weighted by molar-refractivity contribution is 4.97. The van der Waals surface area contributed by atoms with Gasteiger partial charge < -0.3 is 10.1 Å². The van der Waals surface area contributed by atoms with Crippen LogP contribution in [-0.2, 0) is 4.74 Å². The summed E-state index contributed by atoms with van der Waals surface area (Å²) in [5.74, 6) is 0. The summed E-state index contributed by atoms with van der Waals surface area (Å²) in [6, 6.07) is 0.637. The molecule has 2 heterocycles. The van der Waals surface area contributed by atoms with Crippen LogP contribution in [0, 0.1) is 0 Å². The maximum atomic E-state index is 5.79. The highest BCUT2D eigenvalue weighted by Gasteiger charge is 2.13. The van der Waals surface area contributed by atoms with Crippen molar-refractivity contribution in [1.82, 2.24) is 15.3 Å². The minimum atomic E-state index is 0.0345. The number of piperidine rings is 1. The Bertz CT molecular complexity index is 312. The molecule has 1 aromatic heterocycles. The van der Waals surface area contributed by atoms with E-state index >= 15 is 0 Å². The predicted molar refractivity (Wildman–Crippen MR) is 66.7 cm³/mol. The maximum Gasteiger partial charge on any atom is 0.0982 e. The van der Waals surface area contributed by atoms with E-state index in [2.05, 4.69) is 15.3 Å². The molecular weight excluding hydrogens is 214 g/mol. The molecule has 4 heteroatoms. The van der Waals surface area contributed by atoms with Gasteiger partial charge in [-0.2, -0.15) is 0 Å². The molecule has 2 rings (SSSR count). The summed E-state index contributed by atoms with van der Waals surface area (Å²) in [5, 5.41) is 3.52. The van der Waals surface area contributed by atoms with Crippen molar-refractivity contribution < 1.29 is 4.74 Å². The first-order valence-corrected chi connectivity index (χ1v) is 6.47. The van der Waals surface area contributed by atoms with Gasteiger partial charge in [0.1, 0.15) is 0 Å². The molecular formula is C13H21N3O. The fourth-order valence-corrected chi connectivity index (χ4v) is 2.16. The number of ether oxygens (including phenoxy) is 1. The number of hydrogen-bond acceptors (Lipinski definition) is 4. The van der Waals surface area contributed by atoms with E-state index in [1.54, 1.807) is 18.6 Å². The lowest BCUT2D eigenvalue weighted by molar-refractivity contribution is 0.0544. The van der Waals surface area contributed by atoms with Gasteiger partial charge in [-0.25, -0.2) is 0 Å². The molecule has 0 amide bonds. The summed E-state index contributed by atoms with van der Waals surface area (Å²) in [6.07, 6.45) is 10.2. The van der Waals surface area contributed by atoms with Gasteiger partial charge in [0.15, 0.2) is 0 Å². The van der Waals surface area contributed by atoms with Gasteiger partial charge in [0.05, 0.1) is 18.0 Å². The highest BCUT2D eigenvalue weighted by atomic mass is 16.5. The Labute approximate surface area is 103 Å². The highest BCUT2D eigenvalue weighted by Crippen LogP contribution is 2.15. The zero-order chi connectivity index (χ0) is 11.9. The fraction of sp³-hybridized carbons (Fsp3) is 0.692. The third kappa shape index (κ3) is 4.06. The van der Waals surface area contributed by atoms with Gasteiger partial charge in [0.2, 0.25) is 0 Å². The first-order valence-electron chi connectivity index (χ1n) is 6.47. The van der Waals surface area contributed by atoms with Crippen LogP contribution in [0.5, 0.6) is 0 Å². The number of rotatable bonds is 5. The van der Waals surface area contributed by atoms with Gasteiger partial charge in [0, 0.05) is 25.0 Å². The van der Waals surface area contributed by atoms with E-state index in [9.17, 15) is 0 Å². The SMILES string of the molecule is C[C@H](OCC[C@@H]1CCCCN1)c1cnccn1. The molecule has 94 valence electrons. The minimum absolute atomic E-state index is 0.0345. The molecule has 1 N–H and O–H groups in total. The van der Waals surface area contributed by atoms with Crippen LogP contribution in [0.1, 0.15) is 44.4 Å². The molecule has 1 saturated heterocycles. The number of aromatic nitrogens is 2. The largest absolute Gasteiger partial charge is 0.372 e. The van der Waals surface area contributed by atoms with Gasteiger partial charge >= 0.3 is 0 Å². The van der Waals surface area contributed by atoms with Gasteiger partial charge in [-0.15, -0.1) is 0 Å². The average Bonchev–Trinajstić information content (AvgIpc) is 2.41. The number of nitrogens with one attached hydrogen (secondary N) is 1. The zero-order valence-electron chi connectivity index (χ0n) is 10.4. The fourth-order valence-electron chi connectivity index (χ4n) is 2.16. The molecule has 0 spiro atoms. The first kappa shape index (κ1) is 12.5. The average molecular weight is 235 g/mol. The molecule has 4 nitrogen and oxygen atoms in total. The van der Waals surface area contributed by atoms with Crippen LogP contribution in [0.25, 0.3) is 0 Å². The Morgan fingerprint density at radius 1 is 1.47 bits per heavy atom. The first-order chi connectivity index (χ1) is 8.36. The van der Waals surface area contributed by atoms with E-state index in [1.807, 2.05) is 6.92 Å². The van der Waals surface area contributed by atoms with Crippen molar-refractivity contribution in [3.8, 4) is 0 Å². The van der Waals surface area contributed by atoms with E-state index in [4.69, 9.17) is 4.74 Å².